The van der Waals surface area contributed by atoms with Gasteiger partial charge in [-0.1, -0.05) is 0 Å². The van der Waals surface area contributed by atoms with E-state index in [1.807, 2.05) is 19.1 Å². The zero-order valence-corrected chi connectivity index (χ0v) is 13.0. The number of rotatable bonds is 4. The van der Waals surface area contributed by atoms with E-state index in [1.165, 1.54) is 0 Å². The molecule has 2 atom stereocenters. The SMILES string of the molecule is COC[C@@H]1C[C@H](OC)CN1C(=O)c1cc2nc(C)ccc2o1. The highest BCUT2D eigenvalue weighted by molar-refractivity contribution is 5.95. The predicted octanol–water partition coefficient (Wildman–Crippen LogP) is 2.01. The third-order valence-electron chi connectivity index (χ3n) is 4.05. The van der Waals surface area contributed by atoms with Crippen LogP contribution in [0.15, 0.2) is 22.6 Å². The summed E-state index contributed by atoms with van der Waals surface area (Å²) in [5, 5.41) is 0. The van der Waals surface area contributed by atoms with Gasteiger partial charge < -0.3 is 18.8 Å². The second-order valence-electron chi connectivity index (χ2n) is 5.61. The van der Waals surface area contributed by atoms with Crippen LogP contribution in [0.4, 0.5) is 0 Å². The van der Waals surface area contributed by atoms with E-state index in [2.05, 4.69) is 4.98 Å². The molecular formula is C16H20N2O4. The van der Waals surface area contributed by atoms with Crippen molar-refractivity contribution in [1.29, 1.82) is 0 Å². The summed E-state index contributed by atoms with van der Waals surface area (Å²) in [6.07, 6.45) is 0.807. The molecule has 6 heteroatoms. The number of carbonyl (C=O) groups excluding carboxylic acids is 1. The van der Waals surface area contributed by atoms with Gasteiger partial charge in [0.1, 0.15) is 5.52 Å². The van der Waals surface area contributed by atoms with Crippen molar-refractivity contribution in [2.75, 3.05) is 27.4 Å². The Bertz CT molecular complexity index is 682. The molecule has 0 spiro atoms. The number of hydrogen-bond acceptors (Lipinski definition) is 5. The average molecular weight is 304 g/mol. The van der Waals surface area contributed by atoms with E-state index in [4.69, 9.17) is 13.9 Å². The number of aryl methyl sites for hydroxylation is 1. The minimum Gasteiger partial charge on any atom is -0.449 e. The topological polar surface area (TPSA) is 64.8 Å². The summed E-state index contributed by atoms with van der Waals surface area (Å²) in [5.74, 6) is 0.170. The van der Waals surface area contributed by atoms with Crippen molar-refractivity contribution in [2.45, 2.75) is 25.5 Å². The summed E-state index contributed by atoms with van der Waals surface area (Å²) in [4.78, 5) is 18.9. The molecule has 0 bridgehead atoms. The lowest BCUT2D eigenvalue weighted by Crippen LogP contribution is -2.38. The number of furan rings is 1. The summed E-state index contributed by atoms with van der Waals surface area (Å²) < 4.78 is 16.3. The van der Waals surface area contributed by atoms with Crippen molar-refractivity contribution >= 4 is 17.0 Å². The Morgan fingerprint density at radius 3 is 3.00 bits per heavy atom. The summed E-state index contributed by atoms with van der Waals surface area (Å²) in [6, 6.07) is 5.41. The van der Waals surface area contributed by atoms with Gasteiger partial charge in [-0.15, -0.1) is 0 Å². The molecule has 2 aromatic heterocycles. The van der Waals surface area contributed by atoms with Gasteiger partial charge in [0.25, 0.3) is 5.91 Å². The molecule has 1 fully saturated rings. The van der Waals surface area contributed by atoms with Crippen molar-refractivity contribution in [3.8, 4) is 0 Å². The van der Waals surface area contributed by atoms with Crippen LogP contribution in [-0.2, 0) is 9.47 Å². The molecule has 0 unspecified atom stereocenters. The molecule has 22 heavy (non-hydrogen) atoms. The highest BCUT2D eigenvalue weighted by atomic mass is 16.5. The second-order valence-corrected chi connectivity index (χ2v) is 5.61. The van der Waals surface area contributed by atoms with Crippen molar-refractivity contribution in [3.63, 3.8) is 0 Å². The number of pyridine rings is 1. The van der Waals surface area contributed by atoms with Crippen LogP contribution in [-0.4, -0.2) is 55.3 Å². The van der Waals surface area contributed by atoms with Crippen LogP contribution < -0.4 is 0 Å². The van der Waals surface area contributed by atoms with E-state index < -0.39 is 0 Å². The van der Waals surface area contributed by atoms with Crippen molar-refractivity contribution in [2.24, 2.45) is 0 Å². The number of hydrogen-bond donors (Lipinski definition) is 0. The number of likely N-dealkylation sites (tertiary alicyclic amines) is 1. The summed E-state index contributed by atoms with van der Waals surface area (Å²) in [7, 11) is 3.30. The summed E-state index contributed by atoms with van der Waals surface area (Å²) in [5.41, 5.74) is 2.22. The number of carbonyl (C=O) groups is 1. The molecule has 1 aliphatic heterocycles. The lowest BCUT2D eigenvalue weighted by atomic mass is 10.2. The second kappa shape index (κ2) is 6.06. The maximum atomic E-state index is 12.7. The van der Waals surface area contributed by atoms with Gasteiger partial charge in [-0.25, -0.2) is 4.98 Å². The molecule has 0 N–H and O–H groups in total. The number of nitrogens with zero attached hydrogens (tertiary/aromatic N) is 2. The van der Waals surface area contributed by atoms with Crippen LogP contribution >= 0.6 is 0 Å². The normalized spacial score (nSPS) is 21.7. The average Bonchev–Trinajstić information content (AvgIpc) is 3.10. The molecule has 2 aromatic rings. The van der Waals surface area contributed by atoms with Crippen LogP contribution in [0.25, 0.3) is 11.1 Å². The third-order valence-corrected chi connectivity index (χ3v) is 4.05. The van der Waals surface area contributed by atoms with E-state index in [0.717, 1.165) is 12.1 Å². The summed E-state index contributed by atoms with van der Waals surface area (Å²) >= 11 is 0. The Balaban J connectivity index is 1.87. The maximum absolute atomic E-state index is 12.7. The maximum Gasteiger partial charge on any atom is 0.290 e. The number of aromatic nitrogens is 1. The molecule has 0 radical (unpaired) electrons. The Hall–Kier alpha value is -1.92. The molecule has 0 aliphatic carbocycles. The monoisotopic (exact) mass is 304 g/mol. The smallest absolute Gasteiger partial charge is 0.290 e. The Labute approximate surface area is 129 Å². The van der Waals surface area contributed by atoms with Gasteiger partial charge in [-0.3, -0.25) is 4.79 Å². The quantitative estimate of drug-likeness (QED) is 0.864. The molecule has 3 heterocycles. The molecule has 3 rings (SSSR count). The van der Waals surface area contributed by atoms with E-state index in [-0.39, 0.29) is 18.1 Å². The van der Waals surface area contributed by atoms with E-state index >= 15 is 0 Å². The first kappa shape index (κ1) is 15.0. The first-order valence-electron chi connectivity index (χ1n) is 7.32. The van der Waals surface area contributed by atoms with E-state index in [9.17, 15) is 4.79 Å². The van der Waals surface area contributed by atoms with Gasteiger partial charge >= 0.3 is 0 Å². The highest BCUT2D eigenvalue weighted by Crippen LogP contribution is 2.25. The van der Waals surface area contributed by atoms with Gasteiger partial charge in [0, 0.05) is 32.5 Å². The molecule has 1 aliphatic rings. The number of amides is 1. The molecule has 0 saturated carbocycles. The number of ether oxygens (including phenoxy) is 2. The van der Waals surface area contributed by atoms with Crippen LogP contribution in [0.1, 0.15) is 22.7 Å². The summed E-state index contributed by atoms with van der Waals surface area (Å²) in [6.45, 7) is 2.95. The van der Waals surface area contributed by atoms with E-state index in [0.29, 0.717) is 30.0 Å². The fourth-order valence-corrected chi connectivity index (χ4v) is 2.92. The van der Waals surface area contributed by atoms with Crippen LogP contribution in [0, 0.1) is 6.92 Å². The van der Waals surface area contributed by atoms with Crippen LogP contribution in [0.5, 0.6) is 0 Å². The largest absolute Gasteiger partial charge is 0.449 e. The van der Waals surface area contributed by atoms with Crippen LogP contribution in [0.2, 0.25) is 0 Å². The number of fused-ring (bicyclic) bond motifs is 1. The fourth-order valence-electron chi connectivity index (χ4n) is 2.92. The molecule has 118 valence electrons. The highest BCUT2D eigenvalue weighted by Gasteiger charge is 2.36. The Kier molecular flexibility index (Phi) is 4.13. The minimum absolute atomic E-state index is 0.00496. The van der Waals surface area contributed by atoms with Crippen molar-refractivity contribution in [1.82, 2.24) is 9.88 Å². The molecular weight excluding hydrogens is 284 g/mol. The molecule has 1 saturated heterocycles. The van der Waals surface area contributed by atoms with Crippen LogP contribution in [0.3, 0.4) is 0 Å². The standard InChI is InChI=1S/C16H20N2O4/c1-10-4-5-14-13(17-10)7-15(22-14)16(19)18-8-12(21-3)6-11(18)9-20-2/h4-5,7,11-12H,6,8-9H2,1-3H3/t11-,12-/m0/s1. The molecule has 6 nitrogen and oxygen atoms in total. The van der Waals surface area contributed by atoms with Gasteiger partial charge in [0.2, 0.25) is 0 Å². The van der Waals surface area contributed by atoms with Gasteiger partial charge in [0.15, 0.2) is 11.3 Å². The third kappa shape index (κ3) is 2.71. The first-order chi connectivity index (χ1) is 10.6. The van der Waals surface area contributed by atoms with Gasteiger partial charge in [-0.2, -0.15) is 0 Å². The predicted molar refractivity (Wildman–Crippen MR) is 80.9 cm³/mol. The minimum atomic E-state index is -0.141. The Morgan fingerprint density at radius 1 is 1.45 bits per heavy atom. The zero-order chi connectivity index (χ0) is 15.7. The number of methoxy groups -OCH3 is 2. The van der Waals surface area contributed by atoms with Crippen molar-refractivity contribution in [3.05, 3.63) is 29.7 Å². The lowest BCUT2D eigenvalue weighted by molar-refractivity contribution is 0.0584. The fraction of sp³-hybridized carbons (Fsp3) is 0.500. The zero-order valence-electron chi connectivity index (χ0n) is 13.0. The van der Waals surface area contributed by atoms with Crippen molar-refractivity contribution < 1.29 is 18.7 Å². The van der Waals surface area contributed by atoms with Gasteiger partial charge in [0.05, 0.1) is 18.8 Å². The molecule has 1 amide bonds. The molecule has 0 aromatic carbocycles. The van der Waals surface area contributed by atoms with E-state index in [1.54, 1.807) is 25.2 Å². The lowest BCUT2D eigenvalue weighted by Gasteiger charge is -2.22. The first-order valence-corrected chi connectivity index (χ1v) is 7.32. The van der Waals surface area contributed by atoms with Gasteiger partial charge in [-0.05, 0) is 25.5 Å². The Morgan fingerprint density at radius 2 is 2.27 bits per heavy atom.